The lowest BCUT2D eigenvalue weighted by Crippen LogP contribution is -2.23. The minimum absolute atomic E-state index is 0.522. The highest BCUT2D eigenvalue weighted by Crippen LogP contribution is 2.35. The molecule has 0 radical (unpaired) electrons. The molecule has 2 N–H and O–H groups in total. The van der Waals surface area contributed by atoms with Gasteiger partial charge in [-0.05, 0) is 31.0 Å². The molecule has 108 valence electrons. The van der Waals surface area contributed by atoms with Gasteiger partial charge in [0.15, 0.2) is 11.4 Å². The number of fused-ring (bicyclic) bond motifs is 3. The van der Waals surface area contributed by atoms with E-state index in [2.05, 4.69) is 14.9 Å². The molecule has 3 aromatic rings. The Morgan fingerprint density at radius 2 is 2.29 bits per heavy atom. The molecule has 21 heavy (non-hydrogen) atoms. The maximum Gasteiger partial charge on any atom is 0.196 e. The van der Waals surface area contributed by atoms with Crippen molar-refractivity contribution in [2.24, 2.45) is 11.7 Å². The third-order valence-corrected chi connectivity index (χ3v) is 4.35. The lowest BCUT2D eigenvalue weighted by Gasteiger charge is -2.16. The summed E-state index contributed by atoms with van der Waals surface area (Å²) in [6.45, 7) is 2.58. The highest BCUT2D eigenvalue weighted by atomic mass is 35.5. The van der Waals surface area contributed by atoms with Crippen molar-refractivity contribution in [2.75, 3.05) is 24.5 Å². The fraction of sp³-hybridized carbons (Fsp3) is 0.333. The second-order valence-corrected chi connectivity index (χ2v) is 5.89. The summed E-state index contributed by atoms with van der Waals surface area (Å²) in [5, 5.41) is 1.62. The summed E-state index contributed by atoms with van der Waals surface area (Å²) < 4.78 is 5.96. The molecule has 5 nitrogen and oxygen atoms in total. The quantitative estimate of drug-likeness (QED) is 0.788. The van der Waals surface area contributed by atoms with Crippen molar-refractivity contribution in [3.05, 3.63) is 29.5 Å². The van der Waals surface area contributed by atoms with Crippen molar-refractivity contribution in [3.63, 3.8) is 0 Å². The van der Waals surface area contributed by atoms with Crippen LogP contribution in [0.15, 0.2) is 28.9 Å². The predicted molar refractivity (Wildman–Crippen MR) is 83.7 cm³/mol. The van der Waals surface area contributed by atoms with Crippen LogP contribution in [0.1, 0.15) is 6.42 Å². The van der Waals surface area contributed by atoms with E-state index < -0.39 is 0 Å². The average Bonchev–Trinajstić information content (AvgIpc) is 3.10. The van der Waals surface area contributed by atoms with Crippen LogP contribution >= 0.6 is 11.6 Å². The van der Waals surface area contributed by atoms with Crippen LogP contribution in [0.3, 0.4) is 0 Å². The molecule has 3 heterocycles. The molecule has 1 aliphatic rings. The first-order valence-electron chi connectivity index (χ1n) is 7.04. The van der Waals surface area contributed by atoms with E-state index in [1.165, 1.54) is 0 Å². The summed E-state index contributed by atoms with van der Waals surface area (Å²) in [6, 6.07) is 5.60. The Morgan fingerprint density at radius 3 is 3.10 bits per heavy atom. The van der Waals surface area contributed by atoms with Crippen molar-refractivity contribution in [1.29, 1.82) is 0 Å². The molecular formula is C15H15ClN4O. The Morgan fingerprint density at radius 1 is 1.38 bits per heavy atom. The SMILES string of the molecule is NC[C@H]1CCN(c2ncnc3c2oc2cc(Cl)ccc23)C1. The summed E-state index contributed by atoms with van der Waals surface area (Å²) in [5.74, 6) is 1.37. The van der Waals surface area contributed by atoms with Crippen LogP contribution in [0.4, 0.5) is 5.82 Å². The second kappa shape index (κ2) is 4.86. The zero-order valence-electron chi connectivity index (χ0n) is 11.4. The van der Waals surface area contributed by atoms with E-state index in [1.54, 1.807) is 6.33 Å². The van der Waals surface area contributed by atoms with Crippen LogP contribution in [0.2, 0.25) is 5.02 Å². The summed E-state index contributed by atoms with van der Waals surface area (Å²) in [5.41, 5.74) is 8.08. The molecule has 0 unspecified atom stereocenters. The summed E-state index contributed by atoms with van der Waals surface area (Å²) in [7, 11) is 0. The number of aromatic nitrogens is 2. The Hall–Kier alpha value is -1.85. The molecule has 1 saturated heterocycles. The highest BCUT2D eigenvalue weighted by Gasteiger charge is 2.25. The number of halogens is 1. The van der Waals surface area contributed by atoms with E-state index in [0.29, 0.717) is 17.5 Å². The Balaban J connectivity index is 1.88. The van der Waals surface area contributed by atoms with E-state index >= 15 is 0 Å². The minimum Gasteiger partial charge on any atom is -0.450 e. The Kier molecular flexibility index (Phi) is 2.97. The van der Waals surface area contributed by atoms with Gasteiger partial charge in [-0.25, -0.2) is 9.97 Å². The highest BCUT2D eigenvalue weighted by molar-refractivity contribution is 6.31. The molecule has 0 saturated carbocycles. The molecule has 1 atom stereocenters. The molecule has 1 fully saturated rings. The van der Waals surface area contributed by atoms with Gasteiger partial charge in [0.1, 0.15) is 17.4 Å². The molecular weight excluding hydrogens is 288 g/mol. The lowest BCUT2D eigenvalue weighted by molar-refractivity contribution is 0.601. The largest absolute Gasteiger partial charge is 0.450 e. The number of hydrogen-bond donors (Lipinski definition) is 1. The normalized spacial score (nSPS) is 19.0. The maximum atomic E-state index is 6.03. The van der Waals surface area contributed by atoms with Gasteiger partial charge in [0, 0.05) is 29.6 Å². The molecule has 0 aliphatic carbocycles. The third kappa shape index (κ3) is 2.04. The smallest absolute Gasteiger partial charge is 0.196 e. The van der Waals surface area contributed by atoms with Crippen LogP contribution < -0.4 is 10.6 Å². The molecule has 0 bridgehead atoms. The number of rotatable bonds is 2. The molecule has 1 aromatic carbocycles. The topological polar surface area (TPSA) is 68.2 Å². The fourth-order valence-corrected chi connectivity index (χ4v) is 3.14. The molecule has 0 spiro atoms. The van der Waals surface area contributed by atoms with E-state index in [9.17, 15) is 0 Å². The van der Waals surface area contributed by atoms with E-state index in [4.69, 9.17) is 21.8 Å². The number of nitrogens with zero attached hydrogens (tertiary/aromatic N) is 3. The van der Waals surface area contributed by atoms with Crippen LogP contribution in [-0.4, -0.2) is 29.6 Å². The van der Waals surface area contributed by atoms with Gasteiger partial charge >= 0.3 is 0 Å². The van der Waals surface area contributed by atoms with Crippen molar-refractivity contribution in [3.8, 4) is 0 Å². The summed E-state index contributed by atoms with van der Waals surface area (Å²) >= 11 is 6.03. The Labute approximate surface area is 126 Å². The first-order chi connectivity index (χ1) is 10.3. The van der Waals surface area contributed by atoms with Gasteiger partial charge in [-0.3, -0.25) is 0 Å². The van der Waals surface area contributed by atoms with Gasteiger partial charge in [0.2, 0.25) is 0 Å². The lowest BCUT2D eigenvalue weighted by atomic mass is 10.1. The number of nitrogens with two attached hydrogens (primary N) is 1. The minimum atomic E-state index is 0.522. The molecule has 4 rings (SSSR count). The van der Waals surface area contributed by atoms with Crippen LogP contribution in [-0.2, 0) is 0 Å². The predicted octanol–water partition coefficient (Wildman–Crippen LogP) is 2.81. The van der Waals surface area contributed by atoms with Gasteiger partial charge in [0.05, 0.1) is 0 Å². The number of hydrogen-bond acceptors (Lipinski definition) is 5. The molecule has 1 aliphatic heterocycles. The van der Waals surface area contributed by atoms with Crippen molar-refractivity contribution < 1.29 is 4.42 Å². The number of furan rings is 1. The van der Waals surface area contributed by atoms with Crippen molar-refractivity contribution in [1.82, 2.24) is 9.97 Å². The monoisotopic (exact) mass is 302 g/mol. The molecule has 2 aromatic heterocycles. The van der Waals surface area contributed by atoms with Crippen LogP contribution in [0.25, 0.3) is 22.1 Å². The van der Waals surface area contributed by atoms with E-state index in [-0.39, 0.29) is 0 Å². The van der Waals surface area contributed by atoms with E-state index in [1.807, 2.05) is 18.2 Å². The van der Waals surface area contributed by atoms with Crippen LogP contribution in [0, 0.1) is 5.92 Å². The van der Waals surface area contributed by atoms with Gasteiger partial charge in [0.25, 0.3) is 0 Å². The maximum absolute atomic E-state index is 6.03. The fourth-order valence-electron chi connectivity index (χ4n) is 2.98. The Bertz CT molecular complexity index is 816. The number of anilines is 1. The second-order valence-electron chi connectivity index (χ2n) is 5.45. The number of benzene rings is 1. The van der Waals surface area contributed by atoms with E-state index in [0.717, 1.165) is 47.4 Å². The first-order valence-corrected chi connectivity index (χ1v) is 7.42. The van der Waals surface area contributed by atoms with Gasteiger partial charge in [-0.2, -0.15) is 0 Å². The zero-order valence-corrected chi connectivity index (χ0v) is 12.2. The molecule has 0 amide bonds. The first kappa shape index (κ1) is 12.9. The summed E-state index contributed by atoms with van der Waals surface area (Å²) in [6.07, 6.45) is 2.69. The molecule has 6 heteroatoms. The van der Waals surface area contributed by atoms with Crippen molar-refractivity contribution in [2.45, 2.75) is 6.42 Å². The zero-order chi connectivity index (χ0) is 14.4. The van der Waals surface area contributed by atoms with Gasteiger partial charge in [-0.15, -0.1) is 0 Å². The van der Waals surface area contributed by atoms with Crippen molar-refractivity contribution >= 4 is 39.5 Å². The third-order valence-electron chi connectivity index (χ3n) is 4.11. The average molecular weight is 303 g/mol. The summed E-state index contributed by atoms with van der Waals surface area (Å²) in [4.78, 5) is 11.0. The van der Waals surface area contributed by atoms with Crippen LogP contribution in [0.5, 0.6) is 0 Å². The standard InChI is InChI=1S/C15H15ClN4O/c16-10-1-2-11-12(5-10)21-14-13(11)18-8-19-15(14)20-4-3-9(6-17)7-20/h1-2,5,8-9H,3-4,6-7,17H2/t9-/m1/s1. The van der Waals surface area contributed by atoms with Gasteiger partial charge < -0.3 is 15.1 Å². The van der Waals surface area contributed by atoms with Gasteiger partial charge in [-0.1, -0.05) is 11.6 Å².